The Hall–Kier alpha value is -1.47. The van der Waals surface area contributed by atoms with Crippen LogP contribution in [0.4, 0.5) is 5.13 Å². The summed E-state index contributed by atoms with van der Waals surface area (Å²) >= 11 is 1.37. The van der Waals surface area contributed by atoms with Crippen molar-refractivity contribution in [1.82, 2.24) is 15.1 Å². The normalized spacial score (nSPS) is 17.7. The largest absolute Gasteiger partial charge is 0.375 e. The zero-order chi connectivity index (χ0) is 14.2. The molecular weight excluding hydrogens is 276 g/mol. The maximum atomic E-state index is 5.94. The number of anilines is 1. The van der Waals surface area contributed by atoms with E-state index in [-0.39, 0.29) is 5.60 Å². The highest BCUT2D eigenvalue weighted by Crippen LogP contribution is 2.41. The van der Waals surface area contributed by atoms with E-state index in [4.69, 9.17) is 15.0 Å². The molecule has 0 unspecified atom stereocenters. The van der Waals surface area contributed by atoms with Crippen LogP contribution >= 0.6 is 11.3 Å². The zero-order valence-electron chi connectivity index (χ0n) is 11.7. The van der Waals surface area contributed by atoms with E-state index >= 15 is 0 Å². The summed E-state index contributed by atoms with van der Waals surface area (Å²) in [6, 6.07) is 0. The molecule has 3 rings (SSSR count). The van der Waals surface area contributed by atoms with Crippen molar-refractivity contribution in [2.45, 2.75) is 45.1 Å². The molecule has 7 heteroatoms. The topological polar surface area (TPSA) is 87.1 Å². The van der Waals surface area contributed by atoms with Gasteiger partial charge in [-0.3, -0.25) is 0 Å². The third-order valence-electron chi connectivity index (χ3n) is 3.67. The molecule has 1 fully saturated rings. The van der Waals surface area contributed by atoms with Gasteiger partial charge in [0.15, 0.2) is 5.13 Å². The number of hydrogen-bond donors (Lipinski definition) is 1. The average molecular weight is 294 g/mol. The van der Waals surface area contributed by atoms with Crippen LogP contribution in [-0.4, -0.2) is 21.7 Å². The molecule has 2 heterocycles. The highest BCUT2D eigenvalue weighted by atomic mass is 32.1. The van der Waals surface area contributed by atoms with Crippen LogP contribution in [0.5, 0.6) is 0 Å². The van der Waals surface area contributed by atoms with Gasteiger partial charge < -0.3 is 15.0 Å². The first-order valence-electron chi connectivity index (χ1n) is 6.86. The fourth-order valence-electron chi connectivity index (χ4n) is 2.77. The van der Waals surface area contributed by atoms with Crippen molar-refractivity contribution in [3.8, 4) is 10.8 Å². The highest BCUT2D eigenvalue weighted by Gasteiger charge is 2.41. The Balaban J connectivity index is 1.95. The highest BCUT2D eigenvalue weighted by molar-refractivity contribution is 7.18. The first kappa shape index (κ1) is 13.5. The minimum atomic E-state index is -0.374. The summed E-state index contributed by atoms with van der Waals surface area (Å²) in [5.74, 6) is 1.14. The fourth-order valence-corrected chi connectivity index (χ4v) is 3.53. The monoisotopic (exact) mass is 294 g/mol. The van der Waals surface area contributed by atoms with Crippen molar-refractivity contribution in [3.05, 3.63) is 11.5 Å². The van der Waals surface area contributed by atoms with E-state index in [1.165, 1.54) is 11.3 Å². The van der Waals surface area contributed by atoms with Crippen molar-refractivity contribution in [3.63, 3.8) is 0 Å². The summed E-state index contributed by atoms with van der Waals surface area (Å²) in [5.41, 5.74) is 6.16. The van der Waals surface area contributed by atoms with Crippen LogP contribution in [0.25, 0.3) is 10.8 Å². The van der Waals surface area contributed by atoms with Gasteiger partial charge in [-0.15, -0.1) is 0 Å². The van der Waals surface area contributed by atoms with Crippen LogP contribution in [0.15, 0.2) is 4.52 Å². The van der Waals surface area contributed by atoms with E-state index in [2.05, 4.69) is 15.1 Å². The van der Waals surface area contributed by atoms with Gasteiger partial charge in [0.25, 0.3) is 5.89 Å². The van der Waals surface area contributed by atoms with Crippen molar-refractivity contribution in [2.75, 3.05) is 12.3 Å². The molecule has 0 aliphatic heterocycles. The Morgan fingerprint density at radius 1 is 1.35 bits per heavy atom. The molecule has 1 aliphatic rings. The van der Waals surface area contributed by atoms with Crippen molar-refractivity contribution in [2.24, 2.45) is 0 Å². The predicted octanol–water partition coefficient (Wildman–Crippen LogP) is 2.89. The summed E-state index contributed by atoms with van der Waals surface area (Å²) in [4.78, 5) is 9.56. The summed E-state index contributed by atoms with van der Waals surface area (Å²) in [5, 5.41) is 4.65. The fraction of sp³-hybridized carbons (Fsp3) is 0.615. The number of nitrogen functional groups attached to an aromatic ring is 1. The molecule has 108 valence electrons. The first-order chi connectivity index (χ1) is 9.64. The molecule has 0 atom stereocenters. The van der Waals surface area contributed by atoms with Gasteiger partial charge in [0.05, 0.1) is 5.69 Å². The van der Waals surface area contributed by atoms with Crippen molar-refractivity contribution < 1.29 is 9.26 Å². The number of nitrogens with zero attached hydrogens (tertiary/aromatic N) is 3. The van der Waals surface area contributed by atoms with Crippen LogP contribution in [0.1, 0.15) is 44.1 Å². The number of aromatic nitrogens is 3. The summed E-state index contributed by atoms with van der Waals surface area (Å²) in [6.45, 7) is 4.53. The van der Waals surface area contributed by atoms with Crippen LogP contribution in [0, 0.1) is 6.92 Å². The second kappa shape index (κ2) is 5.14. The Morgan fingerprint density at radius 3 is 2.70 bits per heavy atom. The lowest BCUT2D eigenvalue weighted by atomic mass is 10.0. The maximum absolute atomic E-state index is 5.94. The molecule has 20 heavy (non-hydrogen) atoms. The lowest BCUT2D eigenvalue weighted by molar-refractivity contribution is -0.0469. The number of hydrogen-bond acceptors (Lipinski definition) is 7. The van der Waals surface area contributed by atoms with E-state index < -0.39 is 0 Å². The number of thiazole rings is 1. The van der Waals surface area contributed by atoms with Gasteiger partial charge in [-0.05, 0) is 39.5 Å². The van der Waals surface area contributed by atoms with Crippen LogP contribution in [0.3, 0.4) is 0 Å². The predicted molar refractivity (Wildman–Crippen MR) is 76.3 cm³/mol. The van der Waals surface area contributed by atoms with Gasteiger partial charge >= 0.3 is 0 Å². The lowest BCUT2D eigenvalue weighted by Crippen LogP contribution is -2.27. The lowest BCUT2D eigenvalue weighted by Gasteiger charge is -2.24. The summed E-state index contributed by atoms with van der Waals surface area (Å²) < 4.78 is 11.3. The molecule has 0 radical (unpaired) electrons. The van der Waals surface area contributed by atoms with E-state index in [9.17, 15) is 0 Å². The van der Waals surface area contributed by atoms with Gasteiger partial charge in [0.1, 0.15) is 10.5 Å². The Morgan fingerprint density at radius 2 is 2.10 bits per heavy atom. The zero-order valence-corrected chi connectivity index (χ0v) is 12.5. The Kier molecular flexibility index (Phi) is 3.47. The second-order valence-electron chi connectivity index (χ2n) is 5.02. The number of nitrogens with two attached hydrogens (primary N) is 1. The Labute approximate surface area is 121 Å². The van der Waals surface area contributed by atoms with E-state index in [1.54, 1.807) is 0 Å². The SMILES string of the molecule is CCOC1(c2noc(-c3sc(N)nc3C)n2)CCCC1. The Bertz CT molecular complexity index is 601. The van der Waals surface area contributed by atoms with Gasteiger partial charge in [0, 0.05) is 6.61 Å². The van der Waals surface area contributed by atoms with Crippen LogP contribution in [0.2, 0.25) is 0 Å². The van der Waals surface area contributed by atoms with Gasteiger partial charge in [-0.2, -0.15) is 4.98 Å². The van der Waals surface area contributed by atoms with E-state index in [1.807, 2.05) is 13.8 Å². The third-order valence-corrected chi connectivity index (χ3v) is 4.65. The summed E-state index contributed by atoms with van der Waals surface area (Å²) in [7, 11) is 0. The molecule has 1 aliphatic carbocycles. The first-order valence-corrected chi connectivity index (χ1v) is 7.68. The van der Waals surface area contributed by atoms with Crippen molar-refractivity contribution >= 4 is 16.5 Å². The second-order valence-corrected chi connectivity index (χ2v) is 6.05. The van der Waals surface area contributed by atoms with E-state index in [0.29, 0.717) is 23.5 Å². The van der Waals surface area contributed by atoms with Gasteiger partial charge in [-0.1, -0.05) is 16.5 Å². The minimum Gasteiger partial charge on any atom is -0.375 e. The van der Waals surface area contributed by atoms with Crippen LogP contribution < -0.4 is 5.73 Å². The maximum Gasteiger partial charge on any atom is 0.270 e. The number of rotatable bonds is 4. The van der Waals surface area contributed by atoms with Gasteiger partial charge in [-0.25, -0.2) is 4.98 Å². The molecule has 2 aromatic heterocycles. The molecule has 0 amide bonds. The average Bonchev–Trinajstić information content (AvgIpc) is 3.09. The third kappa shape index (κ3) is 2.20. The molecule has 2 aromatic rings. The molecule has 6 nitrogen and oxygen atoms in total. The van der Waals surface area contributed by atoms with Crippen LogP contribution in [-0.2, 0) is 10.3 Å². The minimum absolute atomic E-state index is 0.374. The number of ether oxygens (including phenoxy) is 1. The standard InChI is InChI=1S/C13H18N4O2S/c1-3-18-13(6-4-5-7-13)11-16-10(19-17-11)9-8(2)15-12(14)20-9/h3-7H2,1-2H3,(H2,14,15). The quantitative estimate of drug-likeness (QED) is 0.933. The molecule has 0 spiro atoms. The molecular formula is C13H18N4O2S. The number of aryl methyl sites for hydroxylation is 1. The molecule has 0 bridgehead atoms. The molecule has 2 N–H and O–H groups in total. The molecule has 0 aromatic carbocycles. The summed E-state index contributed by atoms with van der Waals surface area (Å²) in [6.07, 6.45) is 4.17. The van der Waals surface area contributed by atoms with Crippen molar-refractivity contribution in [1.29, 1.82) is 0 Å². The smallest absolute Gasteiger partial charge is 0.270 e. The molecule has 0 saturated heterocycles. The van der Waals surface area contributed by atoms with E-state index in [0.717, 1.165) is 36.3 Å². The molecule has 1 saturated carbocycles. The van der Waals surface area contributed by atoms with Gasteiger partial charge in [0.2, 0.25) is 5.82 Å².